The fourth-order valence-electron chi connectivity index (χ4n) is 2.12. The van der Waals surface area contributed by atoms with E-state index in [-0.39, 0.29) is 5.91 Å². The standard InChI is InChI=1S/C16H13ClN4O/c1-3-12-8-19-15-9-18-14(10-21(12)15)16(22)20(2)13-6-4-11(17)5-7-13/h3-10H,1H2,2H3. The zero-order chi connectivity index (χ0) is 15.7. The first-order valence-corrected chi connectivity index (χ1v) is 6.97. The summed E-state index contributed by atoms with van der Waals surface area (Å²) in [5.74, 6) is -0.215. The van der Waals surface area contributed by atoms with Crippen LogP contribution in [0, 0.1) is 0 Å². The molecule has 3 rings (SSSR count). The van der Waals surface area contributed by atoms with Crippen LogP contribution in [0.4, 0.5) is 5.69 Å². The maximum Gasteiger partial charge on any atom is 0.278 e. The number of hydrogen-bond acceptors (Lipinski definition) is 3. The van der Waals surface area contributed by atoms with Crippen LogP contribution in [0.3, 0.4) is 0 Å². The first-order valence-electron chi connectivity index (χ1n) is 6.59. The molecule has 22 heavy (non-hydrogen) atoms. The predicted molar refractivity (Wildman–Crippen MR) is 87.3 cm³/mol. The molecule has 1 amide bonds. The number of carbonyl (C=O) groups is 1. The van der Waals surface area contributed by atoms with Crippen LogP contribution in [0.1, 0.15) is 16.2 Å². The van der Waals surface area contributed by atoms with Crippen LogP contribution in [0.15, 0.2) is 49.4 Å². The maximum atomic E-state index is 12.6. The minimum absolute atomic E-state index is 0.215. The Bertz CT molecular complexity index is 854. The van der Waals surface area contributed by atoms with Gasteiger partial charge in [-0.25, -0.2) is 9.97 Å². The minimum atomic E-state index is -0.215. The Morgan fingerprint density at radius 1 is 1.27 bits per heavy atom. The van der Waals surface area contributed by atoms with Gasteiger partial charge in [0.25, 0.3) is 5.91 Å². The number of halogens is 1. The Morgan fingerprint density at radius 2 is 2.00 bits per heavy atom. The third kappa shape index (κ3) is 2.46. The topological polar surface area (TPSA) is 50.5 Å². The summed E-state index contributed by atoms with van der Waals surface area (Å²) in [4.78, 5) is 22.5. The average molecular weight is 313 g/mol. The molecule has 3 aromatic rings. The third-order valence-corrected chi connectivity index (χ3v) is 3.62. The normalized spacial score (nSPS) is 10.6. The molecule has 0 radical (unpaired) electrons. The van der Waals surface area contributed by atoms with Gasteiger partial charge in [-0.15, -0.1) is 0 Å². The van der Waals surface area contributed by atoms with Crippen molar-refractivity contribution in [2.24, 2.45) is 0 Å². The molecule has 0 fully saturated rings. The van der Waals surface area contributed by atoms with Gasteiger partial charge in [0.1, 0.15) is 5.69 Å². The molecular weight excluding hydrogens is 300 g/mol. The van der Waals surface area contributed by atoms with Gasteiger partial charge in [0, 0.05) is 24.0 Å². The van der Waals surface area contributed by atoms with E-state index in [1.165, 1.54) is 4.90 Å². The number of carbonyl (C=O) groups excluding carboxylic acids is 1. The molecule has 6 heteroatoms. The maximum absolute atomic E-state index is 12.6. The lowest BCUT2D eigenvalue weighted by Crippen LogP contribution is -2.27. The van der Waals surface area contributed by atoms with Gasteiger partial charge in [-0.2, -0.15) is 0 Å². The Labute approximate surface area is 132 Å². The van der Waals surface area contributed by atoms with Crippen molar-refractivity contribution in [3.63, 3.8) is 0 Å². The van der Waals surface area contributed by atoms with E-state index in [1.54, 1.807) is 60.4 Å². The number of benzene rings is 1. The van der Waals surface area contributed by atoms with Gasteiger partial charge < -0.3 is 4.90 Å². The Hall–Kier alpha value is -2.66. The second kappa shape index (κ2) is 5.61. The zero-order valence-electron chi connectivity index (χ0n) is 11.9. The van der Waals surface area contributed by atoms with Crippen molar-refractivity contribution < 1.29 is 4.79 Å². The lowest BCUT2D eigenvalue weighted by atomic mass is 10.2. The van der Waals surface area contributed by atoms with Crippen LogP contribution < -0.4 is 4.90 Å². The quantitative estimate of drug-likeness (QED) is 0.745. The molecule has 0 atom stereocenters. The Balaban J connectivity index is 1.97. The van der Waals surface area contributed by atoms with Crippen molar-refractivity contribution in [2.45, 2.75) is 0 Å². The number of amides is 1. The summed E-state index contributed by atoms with van der Waals surface area (Å²) in [6.07, 6.45) is 6.59. The highest BCUT2D eigenvalue weighted by Gasteiger charge is 2.16. The highest BCUT2D eigenvalue weighted by molar-refractivity contribution is 6.30. The summed E-state index contributed by atoms with van der Waals surface area (Å²) in [5, 5.41) is 0.623. The lowest BCUT2D eigenvalue weighted by molar-refractivity contribution is 0.0988. The number of rotatable bonds is 3. The highest BCUT2D eigenvalue weighted by atomic mass is 35.5. The first kappa shape index (κ1) is 14.3. The summed E-state index contributed by atoms with van der Waals surface area (Å²) in [7, 11) is 1.69. The smallest absolute Gasteiger partial charge is 0.278 e. The average Bonchev–Trinajstić information content (AvgIpc) is 2.96. The van der Waals surface area contributed by atoms with Crippen molar-refractivity contribution in [3.05, 3.63) is 65.8 Å². The largest absolute Gasteiger partial charge is 0.310 e. The van der Waals surface area contributed by atoms with Gasteiger partial charge in [0.2, 0.25) is 0 Å². The molecule has 0 aliphatic carbocycles. The number of aromatic nitrogens is 3. The summed E-state index contributed by atoms with van der Waals surface area (Å²) >= 11 is 5.86. The summed E-state index contributed by atoms with van der Waals surface area (Å²) in [5.41, 5.74) is 2.54. The molecule has 0 saturated carbocycles. The van der Waals surface area contributed by atoms with E-state index >= 15 is 0 Å². The van der Waals surface area contributed by atoms with Crippen molar-refractivity contribution >= 4 is 34.9 Å². The molecule has 110 valence electrons. The number of hydrogen-bond donors (Lipinski definition) is 0. The van der Waals surface area contributed by atoms with Crippen molar-refractivity contribution in [1.82, 2.24) is 14.4 Å². The molecule has 0 N–H and O–H groups in total. The third-order valence-electron chi connectivity index (χ3n) is 3.37. The summed E-state index contributed by atoms with van der Waals surface area (Å²) < 4.78 is 1.78. The Kier molecular flexibility index (Phi) is 3.65. The number of nitrogens with zero attached hydrogens (tertiary/aromatic N) is 4. The molecule has 0 bridgehead atoms. The van der Waals surface area contributed by atoms with E-state index in [2.05, 4.69) is 16.5 Å². The van der Waals surface area contributed by atoms with E-state index in [9.17, 15) is 4.79 Å². The Morgan fingerprint density at radius 3 is 2.68 bits per heavy atom. The van der Waals surface area contributed by atoms with Crippen LogP contribution in [0.25, 0.3) is 11.7 Å². The van der Waals surface area contributed by atoms with Gasteiger partial charge >= 0.3 is 0 Å². The van der Waals surface area contributed by atoms with Gasteiger partial charge in [-0.05, 0) is 30.3 Å². The molecule has 0 spiro atoms. The molecule has 0 saturated heterocycles. The monoisotopic (exact) mass is 312 g/mol. The van der Waals surface area contributed by atoms with Gasteiger partial charge in [0.05, 0.1) is 18.1 Å². The molecule has 2 heterocycles. The fourth-order valence-corrected chi connectivity index (χ4v) is 2.25. The molecule has 0 aliphatic rings. The van der Waals surface area contributed by atoms with Crippen LogP contribution in [-0.2, 0) is 0 Å². The fraction of sp³-hybridized carbons (Fsp3) is 0.0625. The minimum Gasteiger partial charge on any atom is -0.310 e. The first-order chi connectivity index (χ1) is 10.6. The molecule has 2 aromatic heterocycles. The second-order valence-corrected chi connectivity index (χ2v) is 5.16. The van der Waals surface area contributed by atoms with Crippen molar-refractivity contribution in [2.75, 3.05) is 11.9 Å². The number of imidazole rings is 1. The van der Waals surface area contributed by atoms with Gasteiger partial charge in [0.15, 0.2) is 5.65 Å². The highest BCUT2D eigenvalue weighted by Crippen LogP contribution is 2.18. The van der Waals surface area contributed by atoms with Crippen LogP contribution >= 0.6 is 11.6 Å². The predicted octanol–water partition coefficient (Wildman–Crippen LogP) is 3.30. The summed E-state index contributed by atoms with van der Waals surface area (Å²) in [6.45, 7) is 3.73. The van der Waals surface area contributed by atoms with Crippen LogP contribution in [0.2, 0.25) is 5.02 Å². The van der Waals surface area contributed by atoms with E-state index in [0.717, 1.165) is 11.4 Å². The van der Waals surface area contributed by atoms with E-state index < -0.39 is 0 Å². The molecule has 0 unspecified atom stereocenters. The second-order valence-electron chi connectivity index (χ2n) is 4.73. The lowest BCUT2D eigenvalue weighted by Gasteiger charge is -2.17. The zero-order valence-corrected chi connectivity index (χ0v) is 12.7. The molecule has 5 nitrogen and oxygen atoms in total. The van der Waals surface area contributed by atoms with E-state index in [4.69, 9.17) is 11.6 Å². The van der Waals surface area contributed by atoms with Crippen molar-refractivity contribution in [1.29, 1.82) is 0 Å². The van der Waals surface area contributed by atoms with Crippen LogP contribution in [-0.4, -0.2) is 27.3 Å². The summed E-state index contributed by atoms with van der Waals surface area (Å²) in [6, 6.07) is 7.04. The molecule has 1 aromatic carbocycles. The number of anilines is 1. The van der Waals surface area contributed by atoms with Crippen LogP contribution in [0.5, 0.6) is 0 Å². The molecule has 0 aliphatic heterocycles. The SMILES string of the molecule is C=Cc1cnc2cnc(C(=O)N(C)c3ccc(Cl)cc3)cn12. The van der Waals surface area contributed by atoms with Gasteiger partial charge in [-0.1, -0.05) is 18.2 Å². The van der Waals surface area contributed by atoms with Crippen molar-refractivity contribution in [3.8, 4) is 0 Å². The van der Waals surface area contributed by atoms with E-state index in [0.29, 0.717) is 16.4 Å². The van der Waals surface area contributed by atoms with E-state index in [1.807, 2.05) is 0 Å². The van der Waals surface area contributed by atoms with Gasteiger partial charge in [-0.3, -0.25) is 9.20 Å². The molecular formula is C16H13ClN4O. The number of fused-ring (bicyclic) bond motifs is 1.